The molecule has 1 N–H and O–H groups in total. The average Bonchev–Trinajstić information content (AvgIpc) is 3.07. The van der Waals surface area contributed by atoms with Crippen LogP contribution in [0.5, 0.6) is 0 Å². The number of carbonyl (C=O) groups excluding carboxylic acids is 1. The van der Waals surface area contributed by atoms with Gasteiger partial charge >= 0.3 is 0 Å². The number of hydrogen-bond acceptors (Lipinski definition) is 4. The second-order valence-electron chi connectivity index (χ2n) is 7.76. The lowest BCUT2D eigenvalue weighted by Crippen LogP contribution is -2.39. The molecule has 0 aliphatic carbocycles. The minimum atomic E-state index is -4.29. The lowest BCUT2D eigenvalue weighted by Gasteiger charge is -2.24. The summed E-state index contributed by atoms with van der Waals surface area (Å²) in [6.07, 6.45) is 0. The topological polar surface area (TPSA) is 93.4 Å². The van der Waals surface area contributed by atoms with Gasteiger partial charge in [0.15, 0.2) is 0 Å². The standard InChI is InChI=1S/C25H23FN4O4S/c1-18-24(25(32)30(28(18)2)19-11-5-3-6-12-19)27-23(31)17-29(22-16-10-9-15-21(22)26)35(33,34)20-13-7-4-8-14-20/h3-16H,17H2,1-2H3,(H,27,31). The number of rotatable bonds is 7. The first-order valence-electron chi connectivity index (χ1n) is 10.7. The Labute approximate surface area is 201 Å². The maximum atomic E-state index is 14.6. The molecular formula is C25H23FN4O4S. The Kier molecular flexibility index (Phi) is 6.57. The molecule has 35 heavy (non-hydrogen) atoms. The maximum absolute atomic E-state index is 14.6. The third-order valence-electron chi connectivity index (χ3n) is 5.56. The number of hydrogen-bond donors (Lipinski definition) is 1. The predicted octanol–water partition coefficient (Wildman–Crippen LogP) is 3.46. The van der Waals surface area contributed by atoms with Crippen molar-refractivity contribution in [2.45, 2.75) is 11.8 Å². The minimum absolute atomic E-state index is 0.00643. The van der Waals surface area contributed by atoms with Gasteiger partial charge in [0, 0.05) is 7.05 Å². The lowest BCUT2D eigenvalue weighted by molar-refractivity contribution is -0.114. The normalized spacial score (nSPS) is 11.3. The van der Waals surface area contributed by atoms with E-state index in [0.717, 1.165) is 6.07 Å². The van der Waals surface area contributed by atoms with Crippen LogP contribution in [0.4, 0.5) is 15.8 Å². The summed E-state index contributed by atoms with van der Waals surface area (Å²) < 4.78 is 45.0. The number of amides is 1. The largest absolute Gasteiger partial charge is 0.318 e. The molecule has 10 heteroatoms. The number of halogens is 1. The zero-order chi connectivity index (χ0) is 25.2. The monoisotopic (exact) mass is 494 g/mol. The van der Waals surface area contributed by atoms with Crippen molar-refractivity contribution in [1.82, 2.24) is 9.36 Å². The molecule has 0 atom stereocenters. The summed E-state index contributed by atoms with van der Waals surface area (Å²) in [5.74, 6) is -1.60. The fraction of sp³-hybridized carbons (Fsp3) is 0.120. The molecule has 4 rings (SSSR count). The number of para-hydroxylation sites is 2. The highest BCUT2D eigenvalue weighted by Gasteiger charge is 2.30. The van der Waals surface area contributed by atoms with E-state index < -0.39 is 33.9 Å². The van der Waals surface area contributed by atoms with E-state index in [1.807, 2.05) is 6.07 Å². The van der Waals surface area contributed by atoms with Crippen LogP contribution in [0.3, 0.4) is 0 Å². The molecular weight excluding hydrogens is 471 g/mol. The zero-order valence-electron chi connectivity index (χ0n) is 19.1. The van der Waals surface area contributed by atoms with Gasteiger partial charge < -0.3 is 5.32 Å². The van der Waals surface area contributed by atoms with E-state index in [9.17, 15) is 22.4 Å². The second-order valence-corrected chi connectivity index (χ2v) is 9.62. The van der Waals surface area contributed by atoms with Crippen molar-refractivity contribution in [1.29, 1.82) is 0 Å². The van der Waals surface area contributed by atoms with Gasteiger partial charge in [-0.25, -0.2) is 17.5 Å². The van der Waals surface area contributed by atoms with E-state index in [1.54, 1.807) is 49.0 Å². The number of benzene rings is 3. The predicted molar refractivity (Wildman–Crippen MR) is 132 cm³/mol. The Morgan fingerprint density at radius 2 is 1.51 bits per heavy atom. The second kappa shape index (κ2) is 9.59. The number of nitrogens with one attached hydrogen (secondary N) is 1. The van der Waals surface area contributed by atoms with Crippen molar-refractivity contribution in [2.75, 3.05) is 16.2 Å². The molecule has 0 unspecified atom stereocenters. The van der Waals surface area contributed by atoms with Crippen LogP contribution < -0.4 is 15.2 Å². The summed E-state index contributed by atoms with van der Waals surface area (Å²) in [4.78, 5) is 26.1. The molecule has 1 heterocycles. The van der Waals surface area contributed by atoms with E-state index in [0.29, 0.717) is 15.7 Å². The van der Waals surface area contributed by atoms with Crippen LogP contribution in [0, 0.1) is 12.7 Å². The van der Waals surface area contributed by atoms with E-state index in [4.69, 9.17) is 0 Å². The van der Waals surface area contributed by atoms with Gasteiger partial charge in [-0.3, -0.25) is 18.6 Å². The number of anilines is 2. The molecule has 1 amide bonds. The average molecular weight is 495 g/mol. The van der Waals surface area contributed by atoms with Gasteiger partial charge in [-0.1, -0.05) is 48.5 Å². The molecule has 0 radical (unpaired) electrons. The summed E-state index contributed by atoms with van der Waals surface area (Å²) in [6, 6.07) is 21.6. The van der Waals surface area contributed by atoms with Crippen LogP contribution in [0.25, 0.3) is 5.69 Å². The molecule has 0 saturated carbocycles. The summed E-state index contributed by atoms with van der Waals surface area (Å²) in [7, 11) is -2.61. The highest BCUT2D eigenvalue weighted by atomic mass is 32.2. The molecule has 3 aromatic carbocycles. The highest BCUT2D eigenvalue weighted by molar-refractivity contribution is 7.92. The molecule has 0 saturated heterocycles. The van der Waals surface area contributed by atoms with Gasteiger partial charge in [0.25, 0.3) is 15.6 Å². The van der Waals surface area contributed by atoms with E-state index in [-0.39, 0.29) is 16.3 Å². The number of aromatic nitrogens is 2. The molecule has 0 aliphatic rings. The van der Waals surface area contributed by atoms with Crippen LogP contribution in [0.15, 0.2) is 94.6 Å². The number of carbonyl (C=O) groups is 1. The molecule has 1 aromatic heterocycles. The first-order valence-corrected chi connectivity index (χ1v) is 12.1. The highest BCUT2D eigenvalue weighted by Crippen LogP contribution is 2.26. The van der Waals surface area contributed by atoms with Crippen molar-refractivity contribution in [3.8, 4) is 5.69 Å². The molecule has 0 fully saturated rings. The summed E-state index contributed by atoms with van der Waals surface area (Å²) in [6.45, 7) is 0.920. The van der Waals surface area contributed by atoms with Gasteiger partial charge in [0.05, 0.1) is 22.0 Å². The van der Waals surface area contributed by atoms with Crippen molar-refractivity contribution >= 4 is 27.3 Å². The van der Waals surface area contributed by atoms with Gasteiger partial charge in [0.1, 0.15) is 18.0 Å². The van der Waals surface area contributed by atoms with E-state index >= 15 is 0 Å². The summed E-state index contributed by atoms with van der Waals surface area (Å²) in [5.41, 5.74) is 0.316. The van der Waals surface area contributed by atoms with E-state index in [2.05, 4.69) is 5.32 Å². The Bertz CT molecular complexity index is 1530. The fourth-order valence-corrected chi connectivity index (χ4v) is 5.14. The van der Waals surface area contributed by atoms with Crippen molar-refractivity contribution in [3.63, 3.8) is 0 Å². The van der Waals surface area contributed by atoms with Crippen LogP contribution in [0.1, 0.15) is 5.69 Å². The minimum Gasteiger partial charge on any atom is -0.318 e. The molecule has 0 aliphatic heterocycles. The lowest BCUT2D eigenvalue weighted by atomic mass is 10.3. The summed E-state index contributed by atoms with van der Waals surface area (Å²) in [5, 5.41) is 2.53. The van der Waals surface area contributed by atoms with Crippen LogP contribution in [-0.2, 0) is 21.9 Å². The molecule has 0 bridgehead atoms. The number of sulfonamides is 1. The smallest absolute Gasteiger partial charge is 0.295 e. The van der Waals surface area contributed by atoms with Gasteiger partial charge in [-0.05, 0) is 43.3 Å². The fourth-order valence-electron chi connectivity index (χ4n) is 3.69. The quantitative estimate of drug-likeness (QED) is 0.426. The maximum Gasteiger partial charge on any atom is 0.295 e. The molecule has 4 aromatic rings. The van der Waals surface area contributed by atoms with Crippen molar-refractivity contribution in [2.24, 2.45) is 7.05 Å². The summed E-state index contributed by atoms with van der Waals surface area (Å²) >= 11 is 0. The molecule has 8 nitrogen and oxygen atoms in total. The van der Waals surface area contributed by atoms with Gasteiger partial charge in [-0.15, -0.1) is 0 Å². The van der Waals surface area contributed by atoms with Crippen molar-refractivity contribution < 1.29 is 17.6 Å². The van der Waals surface area contributed by atoms with Crippen molar-refractivity contribution in [3.05, 3.63) is 107 Å². The Balaban J connectivity index is 1.70. The van der Waals surface area contributed by atoms with Gasteiger partial charge in [0.2, 0.25) is 5.91 Å². The first-order chi connectivity index (χ1) is 16.7. The zero-order valence-corrected chi connectivity index (χ0v) is 19.9. The molecule has 0 spiro atoms. The third-order valence-corrected chi connectivity index (χ3v) is 7.33. The van der Waals surface area contributed by atoms with E-state index in [1.165, 1.54) is 47.1 Å². The molecule has 180 valence electrons. The SMILES string of the molecule is Cc1c(NC(=O)CN(c2ccccc2F)S(=O)(=O)c2ccccc2)c(=O)n(-c2ccccc2)n1C. The van der Waals surface area contributed by atoms with Crippen LogP contribution in [-0.4, -0.2) is 30.2 Å². The Hall–Kier alpha value is -4.18. The van der Waals surface area contributed by atoms with Crippen LogP contribution in [0.2, 0.25) is 0 Å². The first kappa shape index (κ1) is 24.0. The van der Waals surface area contributed by atoms with Gasteiger partial charge in [-0.2, -0.15) is 0 Å². The van der Waals surface area contributed by atoms with Crippen LogP contribution >= 0.6 is 0 Å². The Morgan fingerprint density at radius 1 is 0.943 bits per heavy atom. The number of nitrogens with zero attached hydrogens (tertiary/aromatic N) is 3. The third kappa shape index (κ3) is 4.60. The Morgan fingerprint density at radius 3 is 2.14 bits per heavy atom.